The van der Waals surface area contributed by atoms with E-state index in [-0.39, 0.29) is 30.1 Å². The van der Waals surface area contributed by atoms with Gasteiger partial charge in [0.25, 0.3) is 17.5 Å². The molecule has 1 aromatic heterocycles. The number of nitro groups is 1. The van der Waals surface area contributed by atoms with Crippen LogP contribution in [0.2, 0.25) is 0 Å². The van der Waals surface area contributed by atoms with Crippen LogP contribution >= 0.6 is 0 Å². The molecule has 11 heteroatoms. The zero-order chi connectivity index (χ0) is 23.3. The highest BCUT2D eigenvalue weighted by molar-refractivity contribution is 6.07. The number of amides is 2. The molecular weight excluding hydrogens is 416 g/mol. The number of rotatable bonds is 6. The lowest BCUT2D eigenvalue weighted by molar-refractivity contribution is -0.384. The van der Waals surface area contributed by atoms with Crippen molar-refractivity contribution in [2.45, 2.75) is 26.2 Å². The Bertz CT molecular complexity index is 1180. The van der Waals surface area contributed by atoms with Gasteiger partial charge in [-0.05, 0) is 25.8 Å². The summed E-state index contributed by atoms with van der Waals surface area (Å²) in [5.41, 5.74) is 3.91. The third kappa shape index (κ3) is 4.47. The van der Waals surface area contributed by atoms with E-state index < -0.39 is 16.7 Å². The molecule has 11 nitrogen and oxygen atoms in total. The lowest BCUT2D eigenvalue weighted by Crippen LogP contribution is -2.32. The van der Waals surface area contributed by atoms with Gasteiger partial charge in [0.05, 0.1) is 22.8 Å². The van der Waals surface area contributed by atoms with Crippen molar-refractivity contribution < 1.29 is 18.9 Å². The number of hydrazone groups is 1. The van der Waals surface area contributed by atoms with E-state index >= 15 is 0 Å². The maximum absolute atomic E-state index is 12.8. The van der Waals surface area contributed by atoms with E-state index in [1.165, 1.54) is 18.2 Å². The zero-order valence-corrected chi connectivity index (χ0v) is 17.1. The predicted octanol–water partition coefficient (Wildman–Crippen LogP) is 2.46. The molecule has 0 fully saturated rings. The van der Waals surface area contributed by atoms with Gasteiger partial charge in [0.1, 0.15) is 18.8 Å². The molecular formula is C21H18N6O5. The summed E-state index contributed by atoms with van der Waals surface area (Å²) in [4.78, 5) is 36.6. The first kappa shape index (κ1) is 22.2. The Balaban J connectivity index is 1.87. The summed E-state index contributed by atoms with van der Waals surface area (Å²) in [7, 11) is 0. The van der Waals surface area contributed by atoms with Crippen LogP contribution in [0.5, 0.6) is 0 Å². The van der Waals surface area contributed by atoms with E-state index in [4.69, 9.17) is 14.9 Å². The molecule has 1 aliphatic carbocycles. The quantitative estimate of drug-likeness (QED) is 0.414. The highest BCUT2D eigenvalue weighted by Crippen LogP contribution is 2.30. The molecule has 1 N–H and O–H groups in total. The molecule has 2 aromatic rings. The monoisotopic (exact) mass is 434 g/mol. The summed E-state index contributed by atoms with van der Waals surface area (Å²) >= 11 is 0. The maximum atomic E-state index is 12.8. The van der Waals surface area contributed by atoms with Gasteiger partial charge in [-0.2, -0.15) is 15.6 Å². The van der Waals surface area contributed by atoms with Crippen molar-refractivity contribution in [1.82, 2.24) is 10.3 Å². The van der Waals surface area contributed by atoms with Crippen molar-refractivity contribution in [3.63, 3.8) is 0 Å². The summed E-state index contributed by atoms with van der Waals surface area (Å²) in [6.07, 6.45) is 1.77. The standard InChI is InChI=1S/C21H18N6O5/c1-13-18-16(24-25-20(28)14-4-2-5-15(12-14)27(30)31)6-3-7-17(18)32-19(13)21(29)26(10-8-22)11-9-23/h2,4-5,12H,3,6-7,10-11H2,1H3,(H,25,28)/b24-16+. The molecule has 0 radical (unpaired) electrons. The Morgan fingerprint density at radius 3 is 2.66 bits per heavy atom. The first-order valence-electron chi connectivity index (χ1n) is 9.64. The number of non-ortho nitro benzene ring substituents is 1. The first-order valence-corrected chi connectivity index (χ1v) is 9.64. The minimum atomic E-state index is -0.611. The Morgan fingerprint density at radius 1 is 1.28 bits per heavy atom. The van der Waals surface area contributed by atoms with Crippen LogP contribution in [0, 0.1) is 39.7 Å². The molecule has 162 valence electrons. The van der Waals surface area contributed by atoms with Gasteiger partial charge in [0.15, 0.2) is 5.76 Å². The third-order valence-corrected chi connectivity index (χ3v) is 4.94. The lowest BCUT2D eigenvalue weighted by Gasteiger charge is -2.14. The van der Waals surface area contributed by atoms with E-state index in [9.17, 15) is 19.7 Å². The number of nitrogens with one attached hydrogen (secondary N) is 1. The SMILES string of the molecule is Cc1c(C(=O)N(CC#N)CC#N)oc2c1/C(=N/NC(=O)c1cccc([N+](=O)[O-])c1)CCC2. The van der Waals surface area contributed by atoms with Crippen LogP contribution in [0.15, 0.2) is 33.8 Å². The fraction of sp³-hybridized carbons (Fsp3) is 0.286. The van der Waals surface area contributed by atoms with Gasteiger partial charge in [-0.1, -0.05) is 6.07 Å². The van der Waals surface area contributed by atoms with Crippen LogP contribution in [0.25, 0.3) is 0 Å². The van der Waals surface area contributed by atoms with Crippen molar-refractivity contribution in [2.24, 2.45) is 5.10 Å². The maximum Gasteiger partial charge on any atom is 0.291 e. The van der Waals surface area contributed by atoms with Crippen LogP contribution in [0.4, 0.5) is 5.69 Å². The van der Waals surface area contributed by atoms with E-state index in [2.05, 4.69) is 10.5 Å². The normalized spacial score (nSPS) is 13.5. The molecule has 1 heterocycles. The average Bonchev–Trinajstić information content (AvgIpc) is 3.14. The molecule has 0 aliphatic heterocycles. The summed E-state index contributed by atoms with van der Waals surface area (Å²) in [6.45, 7) is 1.17. The molecule has 0 unspecified atom stereocenters. The van der Waals surface area contributed by atoms with Crippen molar-refractivity contribution >= 4 is 23.2 Å². The van der Waals surface area contributed by atoms with Crippen LogP contribution < -0.4 is 5.43 Å². The summed E-state index contributed by atoms with van der Waals surface area (Å²) < 4.78 is 5.76. The summed E-state index contributed by atoms with van der Waals surface area (Å²) in [6, 6.07) is 8.99. The Hall–Kier alpha value is -4.51. The second-order valence-electron chi connectivity index (χ2n) is 6.99. The van der Waals surface area contributed by atoms with Gasteiger partial charge in [-0.15, -0.1) is 0 Å². The summed E-state index contributed by atoms with van der Waals surface area (Å²) in [5, 5.41) is 32.9. The fourth-order valence-corrected chi connectivity index (χ4v) is 3.44. The molecule has 0 spiro atoms. The Kier molecular flexibility index (Phi) is 6.61. The highest BCUT2D eigenvalue weighted by Gasteiger charge is 2.30. The minimum absolute atomic E-state index is 0.0279. The topological polar surface area (TPSA) is 166 Å². The van der Waals surface area contributed by atoms with Crippen LogP contribution in [-0.2, 0) is 6.42 Å². The van der Waals surface area contributed by atoms with Crippen molar-refractivity contribution in [3.05, 3.63) is 62.6 Å². The number of hydrogen-bond acceptors (Lipinski definition) is 8. The summed E-state index contributed by atoms with van der Waals surface area (Å²) in [5.74, 6) is -0.616. The van der Waals surface area contributed by atoms with Crippen molar-refractivity contribution in [1.29, 1.82) is 10.5 Å². The zero-order valence-electron chi connectivity index (χ0n) is 17.1. The van der Waals surface area contributed by atoms with Gasteiger partial charge < -0.3 is 9.32 Å². The van der Waals surface area contributed by atoms with Crippen molar-refractivity contribution in [3.8, 4) is 12.1 Å². The third-order valence-electron chi connectivity index (χ3n) is 4.94. The number of carbonyl (C=O) groups is 2. The largest absolute Gasteiger partial charge is 0.455 e. The number of carbonyl (C=O) groups excluding carboxylic acids is 2. The van der Waals surface area contributed by atoms with E-state index in [0.717, 1.165) is 11.0 Å². The number of furan rings is 1. The molecule has 1 aromatic carbocycles. The predicted molar refractivity (Wildman–Crippen MR) is 111 cm³/mol. The number of fused-ring (bicyclic) bond motifs is 1. The van der Waals surface area contributed by atoms with Crippen LogP contribution in [0.3, 0.4) is 0 Å². The van der Waals surface area contributed by atoms with Crippen LogP contribution in [-0.4, -0.2) is 40.4 Å². The van der Waals surface area contributed by atoms with E-state index in [1.807, 2.05) is 12.1 Å². The Morgan fingerprint density at radius 2 is 2.00 bits per heavy atom. The average molecular weight is 434 g/mol. The minimum Gasteiger partial charge on any atom is -0.455 e. The molecule has 2 amide bonds. The van der Waals surface area contributed by atoms with Crippen LogP contribution in [0.1, 0.15) is 50.6 Å². The number of benzene rings is 1. The molecule has 0 saturated heterocycles. The molecule has 1 aliphatic rings. The second-order valence-corrected chi connectivity index (χ2v) is 6.99. The number of nitro benzene ring substituents is 1. The van der Waals surface area contributed by atoms with Gasteiger partial charge in [-0.3, -0.25) is 19.7 Å². The number of nitrogens with zero attached hydrogens (tertiary/aromatic N) is 5. The van der Waals surface area contributed by atoms with E-state index in [0.29, 0.717) is 41.9 Å². The smallest absolute Gasteiger partial charge is 0.291 e. The molecule has 0 atom stereocenters. The number of aryl methyl sites for hydroxylation is 1. The molecule has 32 heavy (non-hydrogen) atoms. The van der Waals surface area contributed by atoms with Gasteiger partial charge >= 0.3 is 0 Å². The lowest BCUT2D eigenvalue weighted by atomic mass is 9.93. The molecule has 3 rings (SSSR count). The van der Waals surface area contributed by atoms with Gasteiger partial charge in [0, 0.05) is 35.2 Å². The second kappa shape index (κ2) is 9.53. The number of nitriles is 2. The van der Waals surface area contributed by atoms with Gasteiger partial charge in [0.2, 0.25) is 0 Å². The Labute approximate surface area is 182 Å². The first-order chi connectivity index (χ1) is 15.4. The van der Waals surface area contributed by atoms with Crippen molar-refractivity contribution in [2.75, 3.05) is 13.1 Å². The van der Waals surface area contributed by atoms with E-state index in [1.54, 1.807) is 6.92 Å². The molecule has 0 saturated carbocycles. The van der Waals surface area contributed by atoms with Gasteiger partial charge in [-0.25, -0.2) is 5.43 Å². The highest BCUT2D eigenvalue weighted by atomic mass is 16.6. The fourth-order valence-electron chi connectivity index (χ4n) is 3.44. The molecule has 0 bridgehead atoms. The number of hydrogen-bond donors (Lipinski definition) is 1.